The third kappa shape index (κ3) is 4.96. The monoisotopic (exact) mass is 386 g/mol. The summed E-state index contributed by atoms with van der Waals surface area (Å²) in [6.45, 7) is 2.75. The molecule has 0 radical (unpaired) electrons. The second kappa shape index (κ2) is 8.67. The highest BCUT2D eigenvalue weighted by molar-refractivity contribution is 7.89. The Morgan fingerprint density at radius 2 is 1.48 bits per heavy atom. The molecule has 27 heavy (non-hydrogen) atoms. The van der Waals surface area contributed by atoms with Gasteiger partial charge >= 0.3 is 0 Å². The van der Waals surface area contributed by atoms with Gasteiger partial charge in [0.1, 0.15) is 0 Å². The number of amides is 1. The smallest absolute Gasteiger partial charge is 0.234 e. The lowest BCUT2D eigenvalue weighted by Crippen LogP contribution is -2.48. The fraction of sp³-hybridized carbons (Fsp3) is 0.381. The number of rotatable bonds is 6. The maximum absolute atomic E-state index is 13.3. The zero-order valence-electron chi connectivity index (χ0n) is 15.5. The van der Waals surface area contributed by atoms with Crippen LogP contribution in [0.3, 0.4) is 0 Å². The molecule has 0 aromatic heterocycles. The Hall–Kier alpha value is -2.18. The number of hydrogen-bond acceptors (Lipinski definition) is 3. The Kier molecular flexibility index (Phi) is 6.29. The minimum Gasteiger partial charge on any atom is -0.342 e. The third-order valence-electron chi connectivity index (χ3n) is 5.05. The Balaban J connectivity index is 1.74. The number of carbonyl (C=O) groups is 1. The molecule has 5 nitrogen and oxygen atoms in total. The zero-order valence-corrected chi connectivity index (χ0v) is 16.4. The van der Waals surface area contributed by atoms with E-state index in [4.69, 9.17) is 0 Å². The van der Waals surface area contributed by atoms with Gasteiger partial charge in [-0.2, -0.15) is 0 Å². The Morgan fingerprint density at radius 1 is 1.00 bits per heavy atom. The number of nitrogens with zero attached hydrogens (tertiary/aromatic N) is 1. The first kappa shape index (κ1) is 19.6. The maximum atomic E-state index is 13.3. The lowest BCUT2D eigenvalue weighted by atomic mass is 9.89. The first-order valence-corrected chi connectivity index (χ1v) is 11.0. The summed E-state index contributed by atoms with van der Waals surface area (Å²) in [7, 11) is -3.21. The van der Waals surface area contributed by atoms with Crippen molar-refractivity contribution in [3.63, 3.8) is 0 Å². The predicted octanol–water partition coefficient (Wildman–Crippen LogP) is 2.75. The van der Waals surface area contributed by atoms with Crippen molar-refractivity contribution in [1.29, 1.82) is 0 Å². The molecule has 1 N–H and O–H groups in total. The molecule has 144 valence electrons. The van der Waals surface area contributed by atoms with Crippen molar-refractivity contribution in [3.8, 4) is 0 Å². The van der Waals surface area contributed by atoms with Crippen LogP contribution in [0, 0.1) is 0 Å². The van der Waals surface area contributed by atoms with Gasteiger partial charge in [-0.1, -0.05) is 60.7 Å². The van der Waals surface area contributed by atoms with Crippen molar-refractivity contribution in [2.45, 2.75) is 31.7 Å². The highest BCUT2D eigenvalue weighted by Gasteiger charge is 2.31. The van der Waals surface area contributed by atoms with E-state index in [-0.39, 0.29) is 23.6 Å². The molecule has 6 heteroatoms. The molecular formula is C21H26N2O3S. The quantitative estimate of drug-likeness (QED) is 0.830. The number of hydrogen-bond donors (Lipinski definition) is 1. The van der Waals surface area contributed by atoms with Crippen LogP contribution < -0.4 is 4.72 Å². The van der Waals surface area contributed by atoms with E-state index in [0.29, 0.717) is 25.9 Å². The minimum atomic E-state index is -3.21. The standard InChI is InChI=1S/C21H26N2O3S/c1-2-27(25,26)22-19-13-15-23(16-14-19)21(24)20(17-9-5-3-6-10-17)18-11-7-4-8-12-18/h3-12,19-20,22H,2,13-16H2,1H3. The van der Waals surface area contributed by atoms with E-state index in [0.717, 1.165) is 11.1 Å². The second-order valence-corrected chi connectivity index (χ2v) is 8.92. The Labute approximate surface area is 161 Å². The van der Waals surface area contributed by atoms with Gasteiger partial charge in [0, 0.05) is 19.1 Å². The summed E-state index contributed by atoms with van der Waals surface area (Å²) in [5.74, 6) is -0.184. The molecule has 0 saturated carbocycles. The predicted molar refractivity (Wildman–Crippen MR) is 107 cm³/mol. The first-order chi connectivity index (χ1) is 13.0. The van der Waals surface area contributed by atoms with Crippen molar-refractivity contribution in [2.75, 3.05) is 18.8 Å². The van der Waals surface area contributed by atoms with Gasteiger partial charge < -0.3 is 4.90 Å². The van der Waals surface area contributed by atoms with Crippen molar-refractivity contribution in [3.05, 3.63) is 71.8 Å². The molecule has 1 aliphatic rings. The van der Waals surface area contributed by atoms with Crippen LogP contribution in [0.15, 0.2) is 60.7 Å². The molecule has 1 aliphatic heterocycles. The topological polar surface area (TPSA) is 66.5 Å². The summed E-state index contributed by atoms with van der Waals surface area (Å²) < 4.78 is 26.3. The molecular weight excluding hydrogens is 360 g/mol. The molecule has 1 fully saturated rings. The highest BCUT2D eigenvalue weighted by Crippen LogP contribution is 2.28. The number of benzene rings is 2. The van der Waals surface area contributed by atoms with E-state index < -0.39 is 10.0 Å². The SMILES string of the molecule is CCS(=O)(=O)NC1CCN(C(=O)C(c2ccccc2)c2ccccc2)CC1. The first-order valence-electron chi connectivity index (χ1n) is 9.39. The summed E-state index contributed by atoms with van der Waals surface area (Å²) in [4.78, 5) is 15.2. The molecule has 1 heterocycles. The largest absolute Gasteiger partial charge is 0.342 e. The molecule has 0 atom stereocenters. The molecule has 0 aliphatic carbocycles. The van der Waals surface area contributed by atoms with Crippen molar-refractivity contribution in [2.24, 2.45) is 0 Å². The normalized spacial score (nSPS) is 15.9. The van der Waals surface area contributed by atoms with E-state index in [1.807, 2.05) is 65.6 Å². The van der Waals surface area contributed by atoms with Crippen molar-refractivity contribution < 1.29 is 13.2 Å². The number of carbonyl (C=O) groups excluding carboxylic acids is 1. The van der Waals surface area contributed by atoms with Gasteiger partial charge in [-0.05, 0) is 30.9 Å². The average Bonchev–Trinajstić information content (AvgIpc) is 2.70. The summed E-state index contributed by atoms with van der Waals surface area (Å²) in [6, 6.07) is 19.5. The van der Waals surface area contributed by atoms with Gasteiger partial charge in [0.25, 0.3) is 0 Å². The molecule has 0 spiro atoms. The van der Waals surface area contributed by atoms with Gasteiger partial charge in [-0.3, -0.25) is 4.79 Å². The fourth-order valence-corrected chi connectivity index (χ4v) is 4.42. The van der Waals surface area contributed by atoms with Crippen LogP contribution in [-0.4, -0.2) is 44.1 Å². The van der Waals surface area contributed by atoms with E-state index >= 15 is 0 Å². The van der Waals surface area contributed by atoms with Gasteiger partial charge in [0.15, 0.2) is 0 Å². The Bertz CT molecular complexity index is 806. The van der Waals surface area contributed by atoms with Crippen LogP contribution in [0.25, 0.3) is 0 Å². The molecule has 0 bridgehead atoms. The Morgan fingerprint density at radius 3 is 1.93 bits per heavy atom. The van der Waals surface area contributed by atoms with Gasteiger partial charge in [0.2, 0.25) is 15.9 Å². The maximum Gasteiger partial charge on any atom is 0.234 e. The molecule has 1 amide bonds. The van der Waals surface area contributed by atoms with Crippen LogP contribution in [0.2, 0.25) is 0 Å². The van der Waals surface area contributed by atoms with E-state index in [1.165, 1.54) is 0 Å². The van der Waals surface area contributed by atoms with E-state index in [1.54, 1.807) is 6.92 Å². The lowest BCUT2D eigenvalue weighted by molar-refractivity contribution is -0.132. The number of piperidine rings is 1. The van der Waals surface area contributed by atoms with Crippen molar-refractivity contribution in [1.82, 2.24) is 9.62 Å². The molecule has 1 saturated heterocycles. The van der Waals surface area contributed by atoms with E-state index in [9.17, 15) is 13.2 Å². The van der Waals surface area contributed by atoms with E-state index in [2.05, 4.69) is 4.72 Å². The van der Waals surface area contributed by atoms with Gasteiger partial charge in [-0.15, -0.1) is 0 Å². The zero-order chi connectivity index (χ0) is 19.3. The van der Waals surface area contributed by atoms with Crippen LogP contribution in [0.5, 0.6) is 0 Å². The summed E-state index contributed by atoms with van der Waals surface area (Å²) in [6.07, 6.45) is 1.28. The second-order valence-electron chi connectivity index (χ2n) is 6.88. The minimum absolute atomic E-state index is 0.0733. The molecule has 0 unspecified atom stereocenters. The van der Waals surface area contributed by atoms with Crippen molar-refractivity contribution >= 4 is 15.9 Å². The van der Waals surface area contributed by atoms with Crippen LogP contribution in [0.4, 0.5) is 0 Å². The average molecular weight is 387 g/mol. The summed E-state index contributed by atoms with van der Waals surface area (Å²) in [5.41, 5.74) is 1.95. The number of nitrogens with one attached hydrogen (secondary N) is 1. The lowest BCUT2D eigenvalue weighted by Gasteiger charge is -2.34. The van der Waals surface area contributed by atoms with Gasteiger partial charge in [0.05, 0.1) is 11.7 Å². The fourth-order valence-electron chi connectivity index (χ4n) is 3.51. The summed E-state index contributed by atoms with van der Waals surface area (Å²) >= 11 is 0. The third-order valence-corrected chi connectivity index (χ3v) is 6.50. The summed E-state index contributed by atoms with van der Waals surface area (Å²) in [5, 5.41) is 0. The highest BCUT2D eigenvalue weighted by atomic mass is 32.2. The number of likely N-dealkylation sites (tertiary alicyclic amines) is 1. The van der Waals surface area contributed by atoms with Gasteiger partial charge in [-0.25, -0.2) is 13.1 Å². The molecule has 3 rings (SSSR count). The van der Waals surface area contributed by atoms with Crippen LogP contribution >= 0.6 is 0 Å². The molecule has 2 aromatic carbocycles. The van der Waals surface area contributed by atoms with Crippen LogP contribution in [-0.2, 0) is 14.8 Å². The van der Waals surface area contributed by atoms with Crippen LogP contribution in [0.1, 0.15) is 36.8 Å². The molecule has 2 aromatic rings. The number of sulfonamides is 1.